The van der Waals surface area contributed by atoms with Gasteiger partial charge in [0.2, 0.25) is 0 Å². The Hall–Kier alpha value is -1.62. The molecule has 0 aliphatic carbocycles. The van der Waals surface area contributed by atoms with Crippen molar-refractivity contribution in [3.05, 3.63) is 45.7 Å². The quantitative estimate of drug-likeness (QED) is 0.926. The third-order valence-electron chi connectivity index (χ3n) is 2.51. The van der Waals surface area contributed by atoms with Gasteiger partial charge in [-0.3, -0.25) is 0 Å². The van der Waals surface area contributed by atoms with Gasteiger partial charge in [0.1, 0.15) is 0 Å². The smallest absolute Gasteiger partial charge is 0.356 e. The summed E-state index contributed by atoms with van der Waals surface area (Å²) in [4.78, 5) is 10.9. The Morgan fingerprint density at radius 3 is 2.71 bits per heavy atom. The fraction of sp³-hybridized carbons (Fsp3) is 0.167. The molecule has 0 saturated carbocycles. The largest absolute Gasteiger partial charge is 0.476 e. The Morgan fingerprint density at radius 2 is 2.12 bits per heavy atom. The van der Waals surface area contributed by atoms with Gasteiger partial charge in [0.25, 0.3) is 0 Å². The highest BCUT2D eigenvalue weighted by atomic mass is 79.9. The van der Waals surface area contributed by atoms with Crippen LogP contribution < -0.4 is 0 Å². The second kappa shape index (κ2) is 4.33. The van der Waals surface area contributed by atoms with Gasteiger partial charge in [-0.25, -0.2) is 9.48 Å². The van der Waals surface area contributed by atoms with E-state index >= 15 is 0 Å². The number of rotatable bonds is 2. The zero-order valence-corrected chi connectivity index (χ0v) is 11.0. The Bertz CT molecular complexity index is 590. The number of halogens is 1. The van der Waals surface area contributed by atoms with E-state index in [0.29, 0.717) is 0 Å². The van der Waals surface area contributed by atoms with Crippen molar-refractivity contribution in [3.63, 3.8) is 0 Å². The van der Waals surface area contributed by atoms with E-state index in [4.69, 9.17) is 5.11 Å². The highest BCUT2D eigenvalue weighted by molar-refractivity contribution is 9.10. The molecule has 0 unspecified atom stereocenters. The summed E-state index contributed by atoms with van der Waals surface area (Å²) in [6.45, 7) is 3.80. The molecule has 2 rings (SSSR count). The normalized spacial score (nSPS) is 10.5. The summed E-state index contributed by atoms with van der Waals surface area (Å²) in [6, 6.07) is 7.33. The van der Waals surface area contributed by atoms with Crippen LogP contribution in [0.5, 0.6) is 0 Å². The number of hydrogen-bond acceptors (Lipinski definition) is 2. The summed E-state index contributed by atoms with van der Waals surface area (Å²) in [7, 11) is 0. The Kier molecular flexibility index (Phi) is 3.02. The lowest BCUT2D eigenvalue weighted by molar-refractivity contribution is 0.0690. The van der Waals surface area contributed by atoms with Gasteiger partial charge >= 0.3 is 5.97 Å². The first-order valence-corrected chi connectivity index (χ1v) is 5.85. The SMILES string of the molecule is Cc1cccc(-n2nc(C(=O)O)cc2C)c1Br. The van der Waals surface area contributed by atoms with E-state index in [0.717, 1.165) is 21.4 Å². The third-order valence-corrected chi connectivity index (χ3v) is 3.54. The molecule has 0 atom stereocenters. The monoisotopic (exact) mass is 294 g/mol. The highest BCUT2D eigenvalue weighted by Crippen LogP contribution is 2.25. The first kappa shape index (κ1) is 11.9. The molecular weight excluding hydrogens is 284 g/mol. The average molecular weight is 295 g/mol. The van der Waals surface area contributed by atoms with E-state index in [9.17, 15) is 4.79 Å². The van der Waals surface area contributed by atoms with Gasteiger partial charge in [0, 0.05) is 10.2 Å². The number of benzene rings is 1. The maximum atomic E-state index is 10.9. The van der Waals surface area contributed by atoms with Crippen LogP contribution in [0.25, 0.3) is 5.69 Å². The number of carboxylic acid groups (broad SMARTS) is 1. The fourth-order valence-corrected chi connectivity index (χ4v) is 2.05. The molecule has 0 spiro atoms. The van der Waals surface area contributed by atoms with E-state index in [2.05, 4.69) is 21.0 Å². The van der Waals surface area contributed by atoms with Gasteiger partial charge in [0.05, 0.1) is 5.69 Å². The maximum Gasteiger partial charge on any atom is 0.356 e. The molecule has 0 bridgehead atoms. The van der Waals surface area contributed by atoms with E-state index in [1.54, 1.807) is 10.7 Å². The van der Waals surface area contributed by atoms with Crippen molar-refractivity contribution >= 4 is 21.9 Å². The van der Waals surface area contributed by atoms with Crippen LogP contribution in [0, 0.1) is 13.8 Å². The topological polar surface area (TPSA) is 55.1 Å². The first-order valence-electron chi connectivity index (χ1n) is 5.06. The highest BCUT2D eigenvalue weighted by Gasteiger charge is 2.13. The molecule has 0 amide bonds. The lowest BCUT2D eigenvalue weighted by Crippen LogP contribution is -2.03. The fourth-order valence-electron chi connectivity index (χ4n) is 1.62. The minimum absolute atomic E-state index is 0.0518. The molecular formula is C12H11BrN2O2. The van der Waals surface area contributed by atoms with Crippen LogP contribution in [0.2, 0.25) is 0 Å². The van der Waals surface area contributed by atoms with Crippen LogP contribution in [0.1, 0.15) is 21.7 Å². The molecule has 88 valence electrons. The number of aryl methyl sites for hydroxylation is 2. The number of aromatic nitrogens is 2. The zero-order valence-electron chi connectivity index (χ0n) is 9.44. The summed E-state index contributed by atoms with van der Waals surface area (Å²) in [5.74, 6) is -1.02. The molecule has 1 heterocycles. The molecule has 2 aromatic rings. The standard InChI is InChI=1S/C12H11BrN2O2/c1-7-4-3-5-10(11(7)13)15-8(2)6-9(14-15)12(16)17/h3-6H,1-2H3,(H,16,17). The summed E-state index contributed by atoms with van der Waals surface area (Å²) in [5, 5.41) is 13.0. The minimum atomic E-state index is -1.02. The van der Waals surface area contributed by atoms with E-state index < -0.39 is 5.97 Å². The molecule has 0 radical (unpaired) electrons. The van der Waals surface area contributed by atoms with Crippen molar-refractivity contribution < 1.29 is 9.90 Å². The number of hydrogen-bond donors (Lipinski definition) is 1. The predicted molar refractivity (Wildman–Crippen MR) is 67.7 cm³/mol. The molecule has 17 heavy (non-hydrogen) atoms. The van der Waals surface area contributed by atoms with Gasteiger partial charge in [-0.15, -0.1) is 0 Å². The molecule has 0 fully saturated rings. The zero-order chi connectivity index (χ0) is 12.6. The van der Waals surface area contributed by atoms with Gasteiger partial charge in [0.15, 0.2) is 5.69 Å². The second-order valence-corrected chi connectivity index (χ2v) is 4.59. The van der Waals surface area contributed by atoms with Crippen LogP contribution in [0.4, 0.5) is 0 Å². The molecule has 1 N–H and O–H groups in total. The van der Waals surface area contributed by atoms with Crippen LogP contribution >= 0.6 is 15.9 Å². The summed E-state index contributed by atoms with van der Waals surface area (Å²) < 4.78 is 2.55. The van der Waals surface area contributed by atoms with Crippen molar-refractivity contribution in [3.8, 4) is 5.69 Å². The number of nitrogens with zero attached hydrogens (tertiary/aromatic N) is 2. The van der Waals surface area contributed by atoms with Crippen LogP contribution in [-0.2, 0) is 0 Å². The lowest BCUT2D eigenvalue weighted by atomic mass is 10.2. The van der Waals surface area contributed by atoms with Crippen molar-refractivity contribution in [2.45, 2.75) is 13.8 Å². The van der Waals surface area contributed by atoms with Crippen molar-refractivity contribution in [1.29, 1.82) is 0 Å². The van der Waals surface area contributed by atoms with Gasteiger partial charge in [-0.05, 0) is 47.5 Å². The molecule has 0 aliphatic rings. The average Bonchev–Trinajstić information content (AvgIpc) is 2.65. The first-order chi connectivity index (χ1) is 8.00. The summed E-state index contributed by atoms with van der Waals surface area (Å²) in [5.41, 5.74) is 2.76. The molecule has 5 heteroatoms. The minimum Gasteiger partial charge on any atom is -0.476 e. The number of carboxylic acids is 1. The molecule has 0 saturated heterocycles. The Labute approximate surface area is 107 Å². The van der Waals surface area contributed by atoms with E-state index in [1.165, 1.54) is 0 Å². The Morgan fingerprint density at radius 1 is 1.41 bits per heavy atom. The summed E-state index contributed by atoms with van der Waals surface area (Å²) in [6.07, 6.45) is 0. The van der Waals surface area contributed by atoms with E-state index in [-0.39, 0.29) is 5.69 Å². The van der Waals surface area contributed by atoms with Crippen LogP contribution in [0.15, 0.2) is 28.7 Å². The van der Waals surface area contributed by atoms with Crippen LogP contribution in [0.3, 0.4) is 0 Å². The van der Waals surface area contributed by atoms with Gasteiger partial charge < -0.3 is 5.11 Å². The Balaban J connectivity index is 2.60. The van der Waals surface area contributed by atoms with Crippen LogP contribution in [-0.4, -0.2) is 20.9 Å². The van der Waals surface area contributed by atoms with Gasteiger partial charge in [-0.1, -0.05) is 12.1 Å². The molecule has 1 aromatic heterocycles. The van der Waals surface area contributed by atoms with Crippen molar-refractivity contribution in [2.24, 2.45) is 0 Å². The lowest BCUT2D eigenvalue weighted by Gasteiger charge is -2.08. The third kappa shape index (κ3) is 2.10. The number of carbonyl (C=O) groups is 1. The molecule has 4 nitrogen and oxygen atoms in total. The van der Waals surface area contributed by atoms with Crippen molar-refractivity contribution in [1.82, 2.24) is 9.78 Å². The predicted octanol–water partition coefficient (Wildman–Crippen LogP) is 2.95. The number of aromatic carboxylic acids is 1. The summed E-state index contributed by atoms with van der Waals surface area (Å²) >= 11 is 3.49. The van der Waals surface area contributed by atoms with Crippen molar-refractivity contribution in [2.75, 3.05) is 0 Å². The molecule has 0 aliphatic heterocycles. The van der Waals surface area contributed by atoms with Gasteiger partial charge in [-0.2, -0.15) is 5.10 Å². The second-order valence-electron chi connectivity index (χ2n) is 3.80. The maximum absolute atomic E-state index is 10.9. The van der Waals surface area contributed by atoms with E-state index in [1.807, 2.05) is 32.0 Å². The molecule has 1 aromatic carbocycles.